The Morgan fingerprint density at radius 2 is 1.75 bits per heavy atom. The number of carbonyl (C=O) groups excluding carboxylic acids is 4. The number of alkyl halides is 1. The zero-order valence-corrected chi connectivity index (χ0v) is 35.7. The number of aromatic nitrogens is 2. The van der Waals surface area contributed by atoms with E-state index in [4.69, 9.17) is 4.74 Å². The number of imide groups is 1. The number of pyridine rings is 1. The monoisotopic (exact) mass is 898 g/mol. The van der Waals surface area contributed by atoms with Crippen molar-refractivity contribution in [1.29, 1.82) is 0 Å². The van der Waals surface area contributed by atoms with Crippen LogP contribution in [0.2, 0.25) is 0 Å². The molecule has 3 fully saturated rings. The van der Waals surface area contributed by atoms with Gasteiger partial charge in [-0.25, -0.2) is 18.2 Å². The van der Waals surface area contributed by atoms with E-state index in [1.54, 1.807) is 12.3 Å². The average Bonchev–Trinajstić information content (AvgIpc) is 4.01. The van der Waals surface area contributed by atoms with Crippen LogP contribution in [0.15, 0.2) is 67.0 Å². The topological polar surface area (TPSA) is 177 Å². The van der Waals surface area contributed by atoms with Gasteiger partial charge in [0.15, 0.2) is 5.82 Å². The van der Waals surface area contributed by atoms with Crippen molar-refractivity contribution in [2.24, 2.45) is 0 Å². The van der Waals surface area contributed by atoms with E-state index < -0.39 is 63.5 Å². The molecule has 2 aromatic heterocycles. The first-order valence-electron chi connectivity index (χ1n) is 21.1. The van der Waals surface area contributed by atoms with Gasteiger partial charge in [-0.2, -0.15) is 12.7 Å². The molecule has 19 heteroatoms. The predicted molar refractivity (Wildman–Crippen MR) is 231 cm³/mol. The van der Waals surface area contributed by atoms with Gasteiger partial charge < -0.3 is 19.5 Å². The molecule has 9 rings (SSSR count). The van der Waals surface area contributed by atoms with Crippen LogP contribution in [0.25, 0.3) is 22.2 Å². The van der Waals surface area contributed by atoms with Crippen LogP contribution in [-0.2, 0) is 32.8 Å². The van der Waals surface area contributed by atoms with E-state index in [1.807, 2.05) is 41.1 Å². The van der Waals surface area contributed by atoms with E-state index >= 15 is 8.78 Å². The molecule has 0 bridgehead atoms. The van der Waals surface area contributed by atoms with Crippen LogP contribution in [0.5, 0.6) is 5.75 Å². The van der Waals surface area contributed by atoms with E-state index in [9.17, 15) is 32.0 Å². The van der Waals surface area contributed by atoms with Gasteiger partial charge in [0.05, 0.1) is 23.9 Å². The summed E-state index contributed by atoms with van der Waals surface area (Å²) >= 11 is 0. The second-order valence-corrected chi connectivity index (χ2v) is 18.2. The third-order valence-electron chi connectivity index (χ3n) is 12.5. The van der Waals surface area contributed by atoms with Crippen LogP contribution < -0.4 is 19.7 Å². The van der Waals surface area contributed by atoms with Crippen molar-refractivity contribution in [2.45, 2.75) is 50.9 Å². The third-order valence-corrected chi connectivity index (χ3v) is 14.0. The summed E-state index contributed by atoms with van der Waals surface area (Å²) in [4.78, 5) is 64.9. The first-order valence-corrected chi connectivity index (χ1v) is 22.6. The lowest BCUT2D eigenvalue weighted by Crippen LogP contribution is -2.52. The molecule has 15 nitrogen and oxygen atoms in total. The maximum absolute atomic E-state index is 15.7. The Balaban J connectivity index is 0.808. The number of nitrogens with zero attached hydrogens (tertiary/aromatic N) is 5. The molecule has 3 saturated heterocycles. The number of piperidine rings is 1. The highest BCUT2D eigenvalue weighted by molar-refractivity contribution is 7.90. The van der Waals surface area contributed by atoms with Crippen molar-refractivity contribution in [3.8, 4) is 16.9 Å². The molecule has 64 heavy (non-hydrogen) atoms. The first kappa shape index (κ1) is 43.0. The second-order valence-electron chi connectivity index (χ2n) is 16.5. The Morgan fingerprint density at radius 3 is 2.47 bits per heavy atom. The van der Waals surface area contributed by atoms with Crippen molar-refractivity contribution in [2.75, 3.05) is 62.5 Å². The van der Waals surface area contributed by atoms with Gasteiger partial charge >= 0.3 is 10.2 Å². The maximum atomic E-state index is 15.7. The number of halogens is 3. The highest BCUT2D eigenvalue weighted by Gasteiger charge is 2.41. The SMILES string of the molecule is COc1cc(CCCN2CCN(c3ccc(-c4cnc5[nH]cc(C(=O)c6c(F)ccc(NS(=O)(=O)N7CC[C@@H](F)C7)c6F)c5c4)cc3)CC2)cc2c1C(=O)N(C1CCC(=O)NC1=O)C2. The summed E-state index contributed by atoms with van der Waals surface area (Å²) in [6, 6.07) is 14.5. The molecule has 1 unspecified atom stereocenters. The Kier molecular flexibility index (Phi) is 11.6. The molecule has 4 aliphatic heterocycles. The van der Waals surface area contributed by atoms with Crippen LogP contribution in [0.3, 0.4) is 0 Å². The van der Waals surface area contributed by atoms with Crippen molar-refractivity contribution in [3.05, 3.63) is 106 Å². The number of benzene rings is 3. The van der Waals surface area contributed by atoms with Gasteiger partial charge in [-0.1, -0.05) is 18.2 Å². The fourth-order valence-corrected chi connectivity index (χ4v) is 10.3. The largest absolute Gasteiger partial charge is 0.496 e. The molecule has 2 atom stereocenters. The van der Waals surface area contributed by atoms with Gasteiger partial charge in [-0.05, 0) is 85.3 Å². The number of fused-ring (bicyclic) bond motifs is 2. The normalized spacial score (nSPS) is 19.7. The summed E-state index contributed by atoms with van der Waals surface area (Å²) in [5.41, 5.74) is 3.53. The number of nitrogens with one attached hydrogen (secondary N) is 3. The Hall–Kier alpha value is -6.31. The smallest absolute Gasteiger partial charge is 0.301 e. The third kappa shape index (κ3) is 8.30. The number of anilines is 2. The number of methoxy groups -OCH3 is 1. The zero-order chi connectivity index (χ0) is 44.9. The maximum Gasteiger partial charge on any atom is 0.301 e. The zero-order valence-electron chi connectivity index (χ0n) is 34.8. The van der Waals surface area contributed by atoms with Gasteiger partial charge in [-0.15, -0.1) is 0 Å². The number of rotatable bonds is 13. The summed E-state index contributed by atoms with van der Waals surface area (Å²) in [6.45, 7) is 4.05. The minimum Gasteiger partial charge on any atom is -0.496 e. The van der Waals surface area contributed by atoms with Crippen LogP contribution in [-0.4, -0.2) is 121 Å². The van der Waals surface area contributed by atoms with Crippen molar-refractivity contribution >= 4 is 56.1 Å². The van der Waals surface area contributed by atoms with E-state index in [-0.39, 0.29) is 43.3 Å². The van der Waals surface area contributed by atoms with Gasteiger partial charge in [0.2, 0.25) is 17.6 Å². The number of piperazine rings is 1. The first-order chi connectivity index (χ1) is 30.8. The van der Waals surface area contributed by atoms with Crippen LogP contribution in [0.1, 0.15) is 63.1 Å². The summed E-state index contributed by atoms with van der Waals surface area (Å²) in [5, 5.41) is 2.66. The number of H-pyrrole nitrogens is 1. The van der Waals surface area contributed by atoms with Gasteiger partial charge in [0.1, 0.15) is 29.4 Å². The van der Waals surface area contributed by atoms with Crippen molar-refractivity contribution in [1.82, 2.24) is 29.4 Å². The average molecular weight is 899 g/mol. The molecular weight excluding hydrogens is 854 g/mol. The number of aryl methyl sites for hydroxylation is 1. The summed E-state index contributed by atoms with van der Waals surface area (Å²) < 4.78 is 78.7. The van der Waals surface area contributed by atoms with Crippen LogP contribution in [0.4, 0.5) is 24.5 Å². The second kappa shape index (κ2) is 17.3. The summed E-state index contributed by atoms with van der Waals surface area (Å²) in [5.74, 6) is -4.13. The summed E-state index contributed by atoms with van der Waals surface area (Å²) in [7, 11) is -2.83. The van der Waals surface area contributed by atoms with Crippen molar-refractivity contribution < 1.29 is 45.5 Å². The number of carbonyl (C=O) groups is 4. The molecule has 4 aliphatic rings. The molecule has 3 amide bonds. The molecule has 3 N–H and O–H groups in total. The van der Waals surface area contributed by atoms with Gasteiger partial charge in [-0.3, -0.25) is 34.1 Å². The minimum atomic E-state index is -4.36. The van der Waals surface area contributed by atoms with Crippen LogP contribution in [0, 0.1) is 11.6 Å². The number of aromatic amines is 1. The molecule has 0 spiro atoms. The summed E-state index contributed by atoms with van der Waals surface area (Å²) in [6.07, 6.45) is 3.75. The standard InChI is InChI=1S/C45H45F3N8O7S/c1-63-37-20-26(19-29-24-56(45(60)39(29)37)36-10-11-38(57)51-44(36)59)3-2-13-53-15-17-54(18-16-53)31-6-4-27(5-7-31)28-21-32-33(23-50-43(32)49-22-28)42(58)40-34(47)8-9-35(41(40)48)52-64(61,62)55-14-12-30(46)25-55/h4-9,19-23,30,36,52H,2-3,10-18,24-25H2,1H3,(H,49,50)(H,51,57,59)/t30-,36?/m1/s1. The molecule has 6 heterocycles. The highest BCUT2D eigenvalue weighted by Crippen LogP contribution is 2.36. The molecule has 3 aromatic carbocycles. The molecule has 5 aromatic rings. The molecule has 0 radical (unpaired) electrons. The number of hydrogen-bond acceptors (Lipinski definition) is 10. The van der Waals surface area contributed by atoms with Gasteiger partial charge in [0.25, 0.3) is 5.91 Å². The number of hydrogen-bond donors (Lipinski definition) is 3. The van der Waals surface area contributed by atoms with E-state index in [1.165, 1.54) is 18.2 Å². The van der Waals surface area contributed by atoms with Crippen molar-refractivity contribution in [3.63, 3.8) is 0 Å². The Morgan fingerprint density at radius 1 is 0.969 bits per heavy atom. The number of ether oxygens (including phenoxy) is 1. The minimum absolute atomic E-state index is 0.00131. The quantitative estimate of drug-likeness (QED) is 0.108. The molecule has 0 saturated carbocycles. The predicted octanol–water partition coefficient (Wildman–Crippen LogP) is 4.96. The number of amides is 3. The molecule has 0 aliphatic carbocycles. The number of ketones is 1. The Labute approximate surface area is 366 Å². The van der Waals surface area contributed by atoms with Crippen LogP contribution >= 0.6 is 0 Å². The molecular formula is C45H45F3N8O7S. The van der Waals surface area contributed by atoms with E-state index in [0.717, 1.165) is 84.4 Å². The lowest BCUT2D eigenvalue weighted by molar-refractivity contribution is -0.136. The molecule has 334 valence electrons. The fraction of sp³-hybridized carbons (Fsp3) is 0.356. The van der Waals surface area contributed by atoms with E-state index in [2.05, 4.69) is 25.1 Å². The fourth-order valence-electron chi connectivity index (χ4n) is 9.07. The highest BCUT2D eigenvalue weighted by atomic mass is 32.2. The van der Waals surface area contributed by atoms with E-state index in [0.29, 0.717) is 34.3 Å². The Bertz CT molecular complexity index is 2800. The lowest BCUT2D eigenvalue weighted by atomic mass is 9.99. The van der Waals surface area contributed by atoms with Gasteiger partial charge in [0, 0.05) is 86.8 Å². The lowest BCUT2D eigenvalue weighted by Gasteiger charge is -2.36.